The fourth-order valence-corrected chi connectivity index (χ4v) is 2.18. The molecule has 0 spiro atoms. The van der Waals surface area contributed by atoms with Crippen LogP contribution in [0.3, 0.4) is 0 Å². The van der Waals surface area contributed by atoms with E-state index in [2.05, 4.69) is 15.9 Å². The number of rotatable bonds is 4. The summed E-state index contributed by atoms with van der Waals surface area (Å²) in [6.07, 6.45) is 0.402. The predicted molar refractivity (Wildman–Crippen MR) is 79.9 cm³/mol. The third-order valence-corrected chi connectivity index (χ3v) is 3.87. The zero-order valence-electron chi connectivity index (χ0n) is 10.9. The normalized spacial score (nSPS) is 10.3. The van der Waals surface area contributed by atoms with Crippen LogP contribution in [-0.4, -0.2) is 12.9 Å². The van der Waals surface area contributed by atoms with Gasteiger partial charge in [-0.2, -0.15) is 0 Å². The monoisotopic (exact) mass is 318 g/mol. The van der Waals surface area contributed by atoms with Crippen LogP contribution in [0.4, 0.5) is 0 Å². The highest BCUT2D eigenvalue weighted by molar-refractivity contribution is 9.10. The number of Topliss-reactive ketones (excluding diaryl/α,β-unsaturated/α-hetero) is 1. The van der Waals surface area contributed by atoms with E-state index in [0.717, 1.165) is 26.9 Å². The van der Waals surface area contributed by atoms with Gasteiger partial charge in [0.1, 0.15) is 5.75 Å². The number of aryl methyl sites for hydroxylation is 1. The highest BCUT2D eigenvalue weighted by Crippen LogP contribution is 2.19. The van der Waals surface area contributed by atoms with Gasteiger partial charge in [0.15, 0.2) is 5.78 Å². The van der Waals surface area contributed by atoms with Gasteiger partial charge in [-0.1, -0.05) is 40.2 Å². The SMILES string of the molecule is COc1ccc(CC(=O)c2ccc(C)c(Br)c2)cc1. The predicted octanol–water partition coefficient (Wildman–Crippen LogP) is 4.19. The molecule has 2 rings (SSSR count). The molecule has 0 saturated carbocycles. The van der Waals surface area contributed by atoms with E-state index in [-0.39, 0.29) is 5.78 Å². The number of carbonyl (C=O) groups is 1. The Morgan fingerprint density at radius 1 is 1.16 bits per heavy atom. The summed E-state index contributed by atoms with van der Waals surface area (Å²) in [6.45, 7) is 2.00. The average molecular weight is 319 g/mol. The second-order valence-electron chi connectivity index (χ2n) is 4.41. The zero-order valence-corrected chi connectivity index (χ0v) is 12.5. The van der Waals surface area contributed by atoms with Crippen LogP contribution < -0.4 is 4.74 Å². The molecule has 0 heterocycles. The summed E-state index contributed by atoms with van der Waals surface area (Å²) in [5, 5.41) is 0. The Hall–Kier alpha value is -1.61. The smallest absolute Gasteiger partial charge is 0.167 e. The van der Waals surface area contributed by atoms with Crippen molar-refractivity contribution in [1.29, 1.82) is 0 Å². The van der Waals surface area contributed by atoms with E-state index in [1.165, 1.54) is 0 Å². The Labute approximate surface area is 121 Å². The van der Waals surface area contributed by atoms with Crippen molar-refractivity contribution in [2.75, 3.05) is 7.11 Å². The molecule has 0 amide bonds. The van der Waals surface area contributed by atoms with Crippen LogP contribution in [0.25, 0.3) is 0 Å². The maximum Gasteiger partial charge on any atom is 0.167 e. The van der Waals surface area contributed by atoms with Crippen LogP contribution in [0.1, 0.15) is 21.5 Å². The number of hydrogen-bond donors (Lipinski definition) is 0. The van der Waals surface area contributed by atoms with E-state index >= 15 is 0 Å². The Balaban J connectivity index is 2.13. The maximum absolute atomic E-state index is 12.2. The lowest BCUT2D eigenvalue weighted by atomic mass is 10.0. The minimum Gasteiger partial charge on any atom is -0.497 e. The number of halogens is 1. The number of ether oxygens (including phenoxy) is 1. The summed E-state index contributed by atoms with van der Waals surface area (Å²) in [6, 6.07) is 13.3. The molecule has 0 unspecified atom stereocenters. The van der Waals surface area contributed by atoms with E-state index in [9.17, 15) is 4.79 Å². The molecule has 0 saturated heterocycles. The van der Waals surface area contributed by atoms with E-state index in [4.69, 9.17) is 4.74 Å². The van der Waals surface area contributed by atoms with Gasteiger partial charge in [-0.3, -0.25) is 4.79 Å². The van der Waals surface area contributed by atoms with Gasteiger partial charge in [0.25, 0.3) is 0 Å². The summed E-state index contributed by atoms with van der Waals surface area (Å²) in [7, 11) is 1.63. The van der Waals surface area contributed by atoms with Crippen molar-refractivity contribution >= 4 is 21.7 Å². The van der Waals surface area contributed by atoms with Crippen molar-refractivity contribution < 1.29 is 9.53 Å². The van der Waals surface area contributed by atoms with E-state index in [1.807, 2.05) is 49.4 Å². The molecular formula is C16H15BrO2. The lowest BCUT2D eigenvalue weighted by molar-refractivity contribution is 0.0993. The molecule has 2 aromatic rings. The second-order valence-corrected chi connectivity index (χ2v) is 5.27. The minimum absolute atomic E-state index is 0.117. The van der Waals surface area contributed by atoms with Gasteiger partial charge in [0.2, 0.25) is 0 Å². The quantitative estimate of drug-likeness (QED) is 0.790. The fourth-order valence-electron chi connectivity index (χ4n) is 1.80. The molecule has 19 heavy (non-hydrogen) atoms. The summed E-state index contributed by atoms with van der Waals surface area (Å²) < 4.78 is 6.06. The van der Waals surface area contributed by atoms with Crippen LogP contribution in [0.5, 0.6) is 5.75 Å². The number of benzene rings is 2. The summed E-state index contributed by atoms with van der Waals surface area (Å²) >= 11 is 3.45. The maximum atomic E-state index is 12.2. The molecule has 3 heteroatoms. The van der Waals surface area contributed by atoms with Gasteiger partial charge in [0.05, 0.1) is 7.11 Å². The molecule has 2 aromatic carbocycles. The highest BCUT2D eigenvalue weighted by atomic mass is 79.9. The number of methoxy groups -OCH3 is 1. The molecule has 0 atom stereocenters. The van der Waals surface area contributed by atoms with Crippen LogP contribution in [0.2, 0.25) is 0 Å². The third-order valence-electron chi connectivity index (χ3n) is 3.02. The van der Waals surface area contributed by atoms with Gasteiger partial charge < -0.3 is 4.74 Å². The Morgan fingerprint density at radius 3 is 2.42 bits per heavy atom. The molecule has 0 radical (unpaired) electrons. The van der Waals surface area contributed by atoms with Gasteiger partial charge >= 0.3 is 0 Å². The first-order chi connectivity index (χ1) is 9.10. The third kappa shape index (κ3) is 3.44. The van der Waals surface area contributed by atoms with Crippen LogP contribution in [0.15, 0.2) is 46.9 Å². The van der Waals surface area contributed by atoms with Crippen LogP contribution in [0, 0.1) is 6.92 Å². The van der Waals surface area contributed by atoms with Crippen molar-refractivity contribution in [1.82, 2.24) is 0 Å². The first kappa shape index (κ1) is 13.8. The van der Waals surface area contributed by atoms with Crippen molar-refractivity contribution in [2.24, 2.45) is 0 Å². The second kappa shape index (κ2) is 6.02. The van der Waals surface area contributed by atoms with Crippen LogP contribution >= 0.6 is 15.9 Å². The Kier molecular flexibility index (Phi) is 4.38. The molecule has 0 fully saturated rings. The van der Waals surface area contributed by atoms with Crippen molar-refractivity contribution in [3.63, 3.8) is 0 Å². The molecule has 0 aromatic heterocycles. The molecule has 0 aliphatic rings. The summed E-state index contributed by atoms with van der Waals surface area (Å²) in [5.74, 6) is 0.917. The van der Waals surface area contributed by atoms with E-state index in [0.29, 0.717) is 6.42 Å². The molecule has 98 valence electrons. The topological polar surface area (TPSA) is 26.3 Å². The molecule has 2 nitrogen and oxygen atoms in total. The first-order valence-corrected chi connectivity index (χ1v) is 6.81. The molecule has 0 aliphatic carbocycles. The standard InChI is InChI=1S/C16H15BrO2/c1-11-3-6-13(10-15(11)17)16(18)9-12-4-7-14(19-2)8-5-12/h3-8,10H,9H2,1-2H3. The van der Waals surface area contributed by atoms with Crippen molar-refractivity contribution in [2.45, 2.75) is 13.3 Å². The fraction of sp³-hybridized carbons (Fsp3) is 0.188. The number of carbonyl (C=O) groups excluding carboxylic acids is 1. The van der Waals surface area contributed by atoms with Crippen LogP contribution in [-0.2, 0) is 6.42 Å². The van der Waals surface area contributed by atoms with Crippen molar-refractivity contribution in [3.05, 3.63) is 63.6 Å². The summed E-state index contributed by atoms with van der Waals surface area (Å²) in [4.78, 5) is 12.2. The van der Waals surface area contributed by atoms with Crippen molar-refractivity contribution in [3.8, 4) is 5.75 Å². The Morgan fingerprint density at radius 2 is 1.84 bits per heavy atom. The number of ketones is 1. The number of hydrogen-bond acceptors (Lipinski definition) is 2. The molecule has 0 aliphatic heterocycles. The van der Waals surface area contributed by atoms with E-state index in [1.54, 1.807) is 7.11 Å². The molecule has 0 bridgehead atoms. The zero-order chi connectivity index (χ0) is 13.8. The molecular weight excluding hydrogens is 304 g/mol. The van der Waals surface area contributed by atoms with E-state index < -0.39 is 0 Å². The summed E-state index contributed by atoms with van der Waals surface area (Å²) in [5.41, 5.74) is 2.84. The van der Waals surface area contributed by atoms with Gasteiger partial charge in [0, 0.05) is 16.5 Å². The molecule has 0 N–H and O–H groups in total. The Bertz CT molecular complexity index is 588. The lowest BCUT2D eigenvalue weighted by Crippen LogP contribution is -2.03. The van der Waals surface area contributed by atoms with Gasteiger partial charge in [-0.05, 0) is 36.2 Å². The van der Waals surface area contributed by atoms with Gasteiger partial charge in [-0.15, -0.1) is 0 Å². The largest absolute Gasteiger partial charge is 0.497 e. The minimum atomic E-state index is 0.117. The highest BCUT2D eigenvalue weighted by Gasteiger charge is 2.08. The average Bonchev–Trinajstić information content (AvgIpc) is 2.42. The lowest BCUT2D eigenvalue weighted by Gasteiger charge is -2.05. The van der Waals surface area contributed by atoms with Gasteiger partial charge in [-0.25, -0.2) is 0 Å². The first-order valence-electron chi connectivity index (χ1n) is 6.02.